The van der Waals surface area contributed by atoms with E-state index in [0.29, 0.717) is 11.3 Å². The average Bonchev–Trinajstić information content (AvgIpc) is 2.62. The van der Waals surface area contributed by atoms with Crippen molar-refractivity contribution in [2.45, 2.75) is 4.90 Å². The van der Waals surface area contributed by atoms with E-state index in [1.807, 2.05) is 84.9 Å². The van der Waals surface area contributed by atoms with E-state index in [4.69, 9.17) is 4.74 Å². The molecule has 0 saturated carbocycles. The highest BCUT2D eigenvalue weighted by molar-refractivity contribution is 8.00. The van der Waals surface area contributed by atoms with Gasteiger partial charge in [0.2, 0.25) is 0 Å². The number of Topliss-reactive ketones (excluding diaryl/α,β-unsaturated/α-hetero) is 1. The molecular weight excluding hydrogens is 304 g/mol. The van der Waals surface area contributed by atoms with Crippen molar-refractivity contribution in [1.82, 2.24) is 0 Å². The molecule has 0 radical (unpaired) electrons. The van der Waals surface area contributed by atoms with Gasteiger partial charge in [-0.05, 0) is 48.5 Å². The zero-order valence-electron chi connectivity index (χ0n) is 12.5. The second-order valence-electron chi connectivity index (χ2n) is 4.96. The Balaban J connectivity index is 1.59. The zero-order valence-corrected chi connectivity index (χ0v) is 13.3. The van der Waals surface area contributed by atoms with E-state index in [0.717, 1.165) is 16.4 Å². The van der Waals surface area contributed by atoms with Gasteiger partial charge in [0, 0.05) is 10.5 Å². The third-order valence-corrected chi connectivity index (χ3v) is 4.28. The van der Waals surface area contributed by atoms with Gasteiger partial charge in [-0.1, -0.05) is 36.4 Å². The van der Waals surface area contributed by atoms with E-state index in [1.54, 1.807) is 11.8 Å². The van der Waals surface area contributed by atoms with Crippen LogP contribution in [0.15, 0.2) is 89.8 Å². The Morgan fingerprint density at radius 3 is 1.96 bits per heavy atom. The van der Waals surface area contributed by atoms with Crippen molar-refractivity contribution >= 4 is 17.5 Å². The topological polar surface area (TPSA) is 26.3 Å². The Morgan fingerprint density at radius 1 is 0.739 bits per heavy atom. The molecule has 0 aliphatic heterocycles. The van der Waals surface area contributed by atoms with Crippen LogP contribution in [0.3, 0.4) is 0 Å². The molecule has 3 rings (SSSR count). The number of thioether (sulfide) groups is 1. The summed E-state index contributed by atoms with van der Waals surface area (Å²) < 4.78 is 5.73. The summed E-state index contributed by atoms with van der Waals surface area (Å²) in [4.78, 5) is 13.3. The number of benzene rings is 3. The fourth-order valence-electron chi connectivity index (χ4n) is 2.08. The quantitative estimate of drug-likeness (QED) is 0.446. The Bertz CT molecular complexity index is 753. The van der Waals surface area contributed by atoms with Crippen LogP contribution in [0.25, 0.3) is 0 Å². The fraction of sp³-hybridized carbons (Fsp3) is 0.0500. The highest BCUT2D eigenvalue weighted by atomic mass is 32.2. The van der Waals surface area contributed by atoms with Crippen molar-refractivity contribution in [3.05, 3.63) is 90.5 Å². The zero-order chi connectivity index (χ0) is 15.9. The van der Waals surface area contributed by atoms with Gasteiger partial charge in [0.15, 0.2) is 5.78 Å². The number of rotatable bonds is 6. The third-order valence-electron chi connectivity index (χ3n) is 3.27. The molecule has 0 unspecified atom stereocenters. The first kappa shape index (κ1) is 15.4. The maximum atomic E-state index is 12.2. The van der Waals surface area contributed by atoms with Crippen LogP contribution in [0.5, 0.6) is 11.5 Å². The van der Waals surface area contributed by atoms with E-state index >= 15 is 0 Å². The molecule has 0 saturated heterocycles. The van der Waals surface area contributed by atoms with Gasteiger partial charge in [-0.15, -0.1) is 11.8 Å². The lowest BCUT2D eigenvalue weighted by Gasteiger charge is -2.06. The Kier molecular flexibility index (Phi) is 5.12. The molecule has 0 fully saturated rings. The molecule has 0 bridgehead atoms. The molecule has 0 aliphatic rings. The van der Waals surface area contributed by atoms with Crippen molar-refractivity contribution in [3.63, 3.8) is 0 Å². The average molecular weight is 320 g/mol. The number of ketones is 1. The Hall–Kier alpha value is -2.52. The molecular formula is C20H16O2S. The summed E-state index contributed by atoms with van der Waals surface area (Å²) in [6.07, 6.45) is 0. The van der Waals surface area contributed by atoms with Crippen LogP contribution in [0.2, 0.25) is 0 Å². The smallest absolute Gasteiger partial charge is 0.173 e. The van der Waals surface area contributed by atoms with Gasteiger partial charge in [-0.25, -0.2) is 0 Å². The van der Waals surface area contributed by atoms with Crippen LogP contribution >= 0.6 is 11.8 Å². The second-order valence-corrected chi connectivity index (χ2v) is 6.01. The Labute approximate surface area is 140 Å². The third kappa shape index (κ3) is 4.47. The van der Waals surface area contributed by atoms with Crippen molar-refractivity contribution in [3.8, 4) is 11.5 Å². The number of hydrogen-bond acceptors (Lipinski definition) is 3. The standard InChI is InChI=1S/C20H16O2S/c21-20(15-23-19-9-5-2-6-10-19)16-11-13-18(14-12-16)22-17-7-3-1-4-8-17/h1-14H,15H2. The largest absolute Gasteiger partial charge is 0.457 e. The first-order valence-corrected chi connectivity index (χ1v) is 8.34. The van der Waals surface area contributed by atoms with Crippen LogP contribution in [0.4, 0.5) is 0 Å². The number of ether oxygens (including phenoxy) is 1. The second kappa shape index (κ2) is 7.65. The Morgan fingerprint density at radius 2 is 1.30 bits per heavy atom. The van der Waals surface area contributed by atoms with Crippen molar-refractivity contribution in [2.75, 3.05) is 5.75 Å². The first-order valence-electron chi connectivity index (χ1n) is 7.35. The highest BCUT2D eigenvalue weighted by Crippen LogP contribution is 2.23. The van der Waals surface area contributed by atoms with Gasteiger partial charge >= 0.3 is 0 Å². The summed E-state index contributed by atoms with van der Waals surface area (Å²) in [5, 5.41) is 0. The van der Waals surface area contributed by atoms with Crippen molar-refractivity contribution in [2.24, 2.45) is 0 Å². The molecule has 3 aromatic rings. The van der Waals surface area contributed by atoms with E-state index in [9.17, 15) is 4.79 Å². The summed E-state index contributed by atoms with van der Waals surface area (Å²) in [6, 6.07) is 26.8. The molecule has 0 atom stereocenters. The lowest BCUT2D eigenvalue weighted by Crippen LogP contribution is -2.01. The summed E-state index contributed by atoms with van der Waals surface area (Å²) >= 11 is 1.55. The number of carbonyl (C=O) groups excluding carboxylic acids is 1. The molecule has 0 spiro atoms. The predicted molar refractivity (Wildman–Crippen MR) is 94.5 cm³/mol. The maximum Gasteiger partial charge on any atom is 0.173 e. The van der Waals surface area contributed by atoms with E-state index in [2.05, 4.69) is 0 Å². The lowest BCUT2D eigenvalue weighted by molar-refractivity contribution is 0.102. The molecule has 0 aromatic heterocycles. The van der Waals surface area contributed by atoms with Gasteiger partial charge < -0.3 is 4.74 Å². The van der Waals surface area contributed by atoms with E-state index in [-0.39, 0.29) is 5.78 Å². The molecule has 23 heavy (non-hydrogen) atoms. The highest BCUT2D eigenvalue weighted by Gasteiger charge is 2.07. The van der Waals surface area contributed by atoms with Gasteiger partial charge in [0.25, 0.3) is 0 Å². The minimum atomic E-state index is 0.116. The summed E-state index contributed by atoms with van der Waals surface area (Å²) in [7, 11) is 0. The fourth-order valence-corrected chi connectivity index (χ4v) is 2.90. The molecule has 3 heteroatoms. The summed E-state index contributed by atoms with van der Waals surface area (Å²) in [6.45, 7) is 0. The lowest BCUT2D eigenvalue weighted by atomic mass is 10.1. The van der Waals surface area contributed by atoms with Gasteiger partial charge in [0.05, 0.1) is 5.75 Å². The van der Waals surface area contributed by atoms with E-state index < -0.39 is 0 Å². The van der Waals surface area contributed by atoms with Crippen molar-refractivity contribution < 1.29 is 9.53 Å². The predicted octanol–water partition coefficient (Wildman–Crippen LogP) is 5.45. The monoisotopic (exact) mass is 320 g/mol. The van der Waals surface area contributed by atoms with Crippen LogP contribution in [0, 0.1) is 0 Å². The number of para-hydroxylation sites is 1. The first-order chi connectivity index (χ1) is 11.3. The van der Waals surface area contributed by atoms with Gasteiger partial charge in [-0.2, -0.15) is 0 Å². The maximum absolute atomic E-state index is 12.2. The normalized spacial score (nSPS) is 10.3. The summed E-state index contributed by atoms with van der Waals surface area (Å²) in [5.41, 5.74) is 0.703. The number of carbonyl (C=O) groups is 1. The minimum absolute atomic E-state index is 0.116. The van der Waals surface area contributed by atoms with Crippen LogP contribution in [0.1, 0.15) is 10.4 Å². The molecule has 0 heterocycles. The van der Waals surface area contributed by atoms with Crippen LogP contribution in [-0.4, -0.2) is 11.5 Å². The van der Waals surface area contributed by atoms with Gasteiger partial charge in [-0.3, -0.25) is 4.79 Å². The molecule has 0 N–H and O–H groups in total. The van der Waals surface area contributed by atoms with Gasteiger partial charge in [0.1, 0.15) is 11.5 Å². The van der Waals surface area contributed by atoms with Crippen LogP contribution in [-0.2, 0) is 0 Å². The molecule has 3 aromatic carbocycles. The number of hydrogen-bond donors (Lipinski definition) is 0. The minimum Gasteiger partial charge on any atom is -0.457 e. The van der Waals surface area contributed by atoms with Crippen molar-refractivity contribution in [1.29, 1.82) is 0 Å². The SMILES string of the molecule is O=C(CSc1ccccc1)c1ccc(Oc2ccccc2)cc1. The molecule has 2 nitrogen and oxygen atoms in total. The van der Waals surface area contributed by atoms with Crippen LogP contribution < -0.4 is 4.74 Å². The van der Waals surface area contributed by atoms with E-state index in [1.165, 1.54) is 0 Å². The molecule has 114 valence electrons. The molecule has 0 amide bonds. The molecule has 0 aliphatic carbocycles. The summed E-state index contributed by atoms with van der Waals surface area (Å²) in [5.74, 6) is 2.06.